The monoisotopic (exact) mass is 308 g/mol. The second-order valence-electron chi connectivity index (χ2n) is 4.54. The molecule has 0 aliphatic carbocycles. The van der Waals surface area contributed by atoms with Gasteiger partial charge in [-0.25, -0.2) is 4.68 Å². The fourth-order valence-corrected chi connectivity index (χ4v) is 3.21. The van der Waals surface area contributed by atoms with Crippen molar-refractivity contribution in [2.24, 2.45) is 0 Å². The van der Waals surface area contributed by atoms with Gasteiger partial charge < -0.3 is 0 Å². The number of para-hydroxylation sites is 1. The third-order valence-corrected chi connectivity index (χ3v) is 4.87. The Hall–Kier alpha value is -1.70. The summed E-state index contributed by atoms with van der Waals surface area (Å²) in [6, 6.07) is 9.68. The molecule has 0 amide bonds. The number of hydrogen-bond donors (Lipinski definition) is 1. The predicted molar refractivity (Wildman–Crippen MR) is 82.2 cm³/mol. The van der Waals surface area contributed by atoms with E-state index < -0.39 is 10.2 Å². The maximum absolute atomic E-state index is 12.0. The molecule has 1 heterocycles. The largest absolute Gasteiger partial charge is 0.279 e. The fourth-order valence-electron chi connectivity index (χ4n) is 2.00. The van der Waals surface area contributed by atoms with Gasteiger partial charge in [-0.3, -0.25) is 0 Å². The molecule has 0 bridgehead atoms. The molecule has 114 valence electrons. The van der Waals surface area contributed by atoms with Crippen LogP contribution in [-0.4, -0.2) is 35.6 Å². The van der Waals surface area contributed by atoms with E-state index in [1.807, 2.05) is 50.4 Å². The van der Waals surface area contributed by atoms with Crippen LogP contribution in [0.5, 0.6) is 0 Å². The van der Waals surface area contributed by atoms with Gasteiger partial charge in [-0.05, 0) is 12.1 Å². The Bertz CT molecular complexity index is 663. The lowest BCUT2D eigenvalue weighted by Crippen LogP contribution is -2.40. The molecule has 7 heteroatoms. The summed E-state index contributed by atoms with van der Waals surface area (Å²) < 4.78 is 29.8. The van der Waals surface area contributed by atoms with E-state index in [-0.39, 0.29) is 6.54 Å². The predicted octanol–water partition coefficient (Wildman–Crippen LogP) is 1.55. The van der Waals surface area contributed by atoms with Crippen LogP contribution in [-0.2, 0) is 16.8 Å². The number of rotatable bonds is 7. The number of nitrogens with one attached hydrogen (secondary N) is 1. The van der Waals surface area contributed by atoms with E-state index in [9.17, 15) is 8.42 Å². The van der Waals surface area contributed by atoms with E-state index in [2.05, 4.69) is 9.82 Å². The van der Waals surface area contributed by atoms with Crippen molar-refractivity contribution in [3.05, 3.63) is 48.3 Å². The van der Waals surface area contributed by atoms with Crippen LogP contribution in [0.1, 0.15) is 19.4 Å². The zero-order chi connectivity index (χ0) is 15.3. The zero-order valence-electron chi connectivity index (χ0n) is 12.2. The Morgan fingerprint density at radius 3 is 2.48 bits per heavy atom. The van der Waals surface area contributed by atoms with E-state index in [1.165, 1.54) is 4.31 Å². The maximum atomic E-state index is 12.0. The number of nitrogens with zero attached hydrogens (tertiary/aromatic N) is 3. The topological polar surface area (TPSA) is 67.2 Å². The van der Waals surface area contributed by atoms with Gasteiger partial charge in [0.1, 0.15) is 0 Å². The van der Waals surface area contributed by atoms with Crippen molar-refractivity contribution in [2.75, 3.05) is 13.1 Å². The van der Waals surface area contributed by atoms with E-state index in [0.29, 0.717) is 13.1 Å². The summed E-state index contributed by atoms with van der Waals surface area (Å²) in [6.07, 6.45) is 3.48. The van der Waals surface area contributed by atoms with Gasteiger partial charge in [0.15, 0.2) is 0 Å². The highest BCUT2D eigenvalue weighted by atomic mass is 32.2. The Balaban J connectivity index is 2.04. The minimum Gasteiger partial charge on any atom is -0.241 e. The van der Waals surface area contributed by atoms with Gasteiger partial charge >= 0.3 is 0 Å². The molecule has 0 saturated carbocycles. The van der Waals surface area contributed by atoms with Crippen molar-refractivity contribution in [3.8, 4) is 5.69 Å². The number of hydrogen-bond acceptors (Lipinski definition) is 3. The highest BCUT2D eigenvalue weighted by molar-refractivity contribution is 7.87. The Kier molecular flexibility index (Phi) is 5.11. The van der Waals surface area contributed by atoms with Crippen LogP contribution in [0.2, 0.25) is 0 Å². The third kappa shape index (κ3) is 3.90. The van der Waals surface area contributed by atoms with Crippen LogP contribution in [0.3, 0.4) is 0 Å². The zero-order valence-corrected chi connectivity index (χ0v) is 13.0. The first kappa shape index (κ1) is 15.7. The molecule has 1 N–H and O–H groups in total. The molecule has 0 spiro atoms. The minimum atomic E-state index is -3.43. The van der Waals surface area contributed by atoms with E-state index in [1.54, 1.807) is 10.9 Å². The van der Waals surface area contributed by atoms with Crippen LogP contribution >= 0.6 is 0 Å². The smallest absolute Gasteiger partial charge is 0.241 e. The lowest BCUT2D eigenvalue weighted by atomic mass is 10.3. The van der Waals surface area contributed by atoms with Gasteiger partial charge in [0.25, 0.3) is 10.2 Å². The van der Waals surface area contributed by atoms with Gasteiger partial charge in [0.05, 0.1) is 11.9 Å². The molecule has 0 radical (unpaired) electrons. The first-order valence-corrected chi connectivity index (χ1v) is 8.34. The van der Waals surface area contributed by atoms with Crippen LogP contribution in [0.15, 0.2) is 42.7 Å². The fraction of sp³-hybridized carbons (Fsp3) is 0.357. The lowest BCUT2D eigenvalue weighted by Gasteiger charge is -2.18. The van der Waals surface area contributed by atoms with Crippen molar-refractivity contribution in [2.45, 2.75) is 20.4 Å². The van der Waals surface area contributed by atoms with Crippen molar-refractivity contribution in [1.82, 2.24) is 18.8 Å². The van der Waals surface area contributed by atoms with Crippen LogP contribution < -0.4 is 4.72 Å². The van der Waals surface area contributed by atoms with Crippen molar-refractivity contribution in [3.63, 3.8) is 0 Å². The minimum absolute atomic E-state index is 0.228. The van der Waals surface area contributed by atoms with Crippen molar-refractivity contribution in [1.29, 1.82) is 0 Å². The van der Waals surface area contributed by atoms with Crippen LogP contribution in [0.25, 0.3) is 5.69 Å². The van der Waals surface area contributed by atoms with Crippen molar-refractivity contribution < 1.29 is 8.42 Å². The summed E-state index contributed by atoms with van der Waals surface area (Å²) in [4.78, 5) is 0. The Morgan fingerprint density at radius 1 is 1.19 bits per heavy atom. The summed E-state index contributed by atoms with van der Waals surface area (Å²) in [5, 5.41) is 4.24. The molecule has 0 atom stereocenters. The van der Waals surface area contributed by atoms with Gasteiger partial charge in [-0.2, -0.15) is 22.5 Å². The number of benzene rings is 1. The summed E-state index contributed by atoms with van der Waals surface area (Å²) >= 11 is 0. The van der Waals surface area contributed by atoms with Gasteiger partial charge in [0, 0.05) is 31.4 Å². The first-order chi connectivity index (χ1) is 10.1. The average Bonchev–Trinajstić information content (AvgIpc) is 2.96. The second kappa shape index (κ2) is 6.84. The normalized spacial score (nSPS) is 12.0. The highest BCUT2D eigenvalue weighted by Crippen LogP contribution is 2.08. The maximum Gasteiger partial charge on any atom is 0.279 e. The van der Waals surface area contributed by atoms with Crippen LogP contribution in [0.4, 0.5) is 0 Å². The van der Waals surface area contributed by atoms with E-state index in [0.717, 1.165) is 11.3 Å². The molecule has 2 aromatic rings. The molecule has 1 aromatic heterocycles. The quantitative estimate of drug-likeness (QED) is 0.844. The van der Waals surface area contributed by atoms with Gasteiger partial charge in [-0.1, -0.05) is 32.0 Å². The molecular weight excluding hydrogens is 288 g/mol. The molecular formula is C14H20N4O2S. The summed E-state index contributed by atoms with van der Waals surface area (Å²) in [6.45, 7) is 4.77. The first-order valence-electron chi connectivity index (χ1n) is 6.90. The van der Waals surface area contributed by atoms with E-state index in [4.69, 9.17) is 0 Å². The molecule has 0 aliphatic heterocycles. The molecule has 0 unspecified atom stereocenters. The summed E-state index contributed by atoms with van der Waals surface area (Å²) in [7, 11) is -3.43. The molecule has 21 heavy (non-hydrogen) atoms. The SMILES string of the molecule is CCN(CC)S(=O)(=O)NCc1cnn(-c2ccccc2)c1. The molecule has 0 fully saturated rings. The van der Waals surface area contributed by atoms with Gasteiger partial charge in [-0.15, -0.1) is 0 Å². The molecule has 6 nitrogen and oxygen atoms in total. The summed E-state index contributed by atoms with van der Waals surface area (Å²) in [5.74, 6) is 0. The number of aromatic nitrogens is 2. The van der Waals surface area contributed by atoms with Gasteiger partial charge in [0.2, 0.25) is 0 Å². The Morgan fingerprint density at radius 2 is 1.86 bits per heavy atom. The summed E-state index contributed by atoms with van der Waals surface area (Å²) in [5.41, 5.74) is 1.75. The molecule has 2 rings (SSSR count). The lowest BCUT2D eigenvalue weighted by molar-refractivity contribution is 0.434. The second-order valence-corrected chi connectivity index (χ2v) is 6.29. The van der Waals surface area contributed by atoms with Crippen LogP contribution in [0, 0.1) is 0 Å². The standard InChI is InChI=1S/C14H20N4O2S/c1-3-17(4-2)21(19,20)16-11-13-10-15-18(12-13)14-8-6-5-7-9-14/h5-10,12,16H,3-4,11H2,1-2H3. The highest BCUT2D eigenvalue weighted by Gasteiger charge is 2.17. The molecule has 0 aliphatic rings. The Labute approximate surface area is 125 Å². The molecule has 1 aromatic carbocycles. The van der Waals surface area contributed by atoms with E-state index >= 15 is 0 Å². The average molecular weight is 308 g/mol. The van der Waals surface area contributed by atoms with Crippen molar-refractivity contribution >= 4 is 10.2 Å². The third-order valence-electron chi connectivity index (χ3n) is 3.16. The molecule has 0 saturated heterocycles.